The Morgan fingerprint density at radius 3 is 2.38 bits per heavy atom. The smallest absolute Gasteiger partial charge is 0.237 e. The van der Waals surface area contributed by atoms with Crippen molar-refractivity contribution in [3.8, 4) is 0 Å². The van der Waals surface area contributed by atoms with Gasteiger partial charge in [0.2, 0.25) is 5.91 Å². The maximum Gasteiger partial charge on any atom is 0.237 e. The molecule has 0 bridgehead atoms. The number of hydrogen-bond donors (Lipinski definition) is 1. The van der Waals surface area contributed by atoms with Gasteiger partial charge in [-0.3, -0.25) is 9.69 Å². The summed E-state index contributed by atoms with van der Waals surface area (Å²) in [6, 6.07) is 8.48. The summed E-state index contributed by atoms with van der Waals surface area (Å²) < 4.78 is 6.11. The molecule has 1 aromatic carbocycles. The summed E-state index contributed by atoms with van der Waals surface area (Å²) in [5.74, 6) is 0.116. The average Bonchev–Trinajstić information content (AvgIpc) is 3.27. The SMILES string of the molecule is CCc1ccc([C@H](C)NC(=O)[C@@H](C)N2CCC(OCCN3CCCC3)CC2)cc1. The minimum absolute atomic E-state index is 0.0299. The molecule has 2 fully saturated rings. The first-order chi connectivity index (χ1) is 14.1. The molecule has 162 valence electrons. The molecule has 2 aliphatic heterocycles. The van der Waals surface area contributed by atoms with Crippen LogP contribution >= 0.6 is 0 Å². The van der Waals surface area contributed by atoms with Crippen LogP contribution in [0.25, 0.3) is 0 Å². The zero-order valence-corrected chi connectivity index (χ0v) is 18.5. The standard InChI is InChI=1S/C24H39N3O2/c1-4-21-7-9-22(10-8-21)19(2)25-24(28)20(3)27-15-11-23(12-16-27)29-18-17-26-13-5-6-14-26/h7-10,19-20,23H,4-6,11-18H2,1-3H3,(H,25,28)/t19-,20+/m0/s1. The van der Waals surface area contributed by atoms with Crippen LogP contribution in [-0.4, -0.2) is 67.2 Å². The molecular weight excluding hydrogens is 362 g/mol. The van der Waals surface area contributed by atoms with E-state index >= 15 is 0 Å². The van der Waals surface area contributed by atoms with Crippen molar-refractivity contribution < 1.29 is 9.53 Å². The fraction of sp³-hybridized carbons (Fsp3) is 0.708. The number of nitrogens with zero attached hydrogens (tertiary/aromatic N) is 2. The zero-order valence-electron chi connectivity index (χ0n) is 18.5. The van der Waals surface area contributed by atoms with E-state index in [9.17, 15) is 4.79 Å². The third kappa shape index (κ3) is 6.53. The number of amides is 1. The number of hydrogen-bond acceptors (Lipinski definition) is 4. The molecule has 2 atom stereocenters. The molecule has 2 saturated heterocycles. The summed E-state index contributed by atoms with van der Waals surface area (Å²) in [7, 11) is 0. The van der Waals surface area contributed by atoms with E-state index in [0.717, 1.165) is 51.1 Å². The predicted octanol–water partition coefficient (Wildman–Crippen LogP) is 3.39. The molecule has 1 amide bonds. The number of carbonyl (C=O) groups excluding carboxylic acids is 1. The van der Waals surface area contributed by atoms with Gasteiger partial charge >= 0.3 is 0 Å². The number of benzene rings is 1. The van der Waals surface area contributed by atoms with Gasteiger partial charge in [-0.25, -0.2) is 0 Å². The van der Waals surface area contributed by atoms with Crippen LogP contribution in [0.5, 0.6) is 0 Å². The Balaban J connectivity index is 1.37. The lowest BCUT2D eigenvalue weighted by molar-refractivity contribution is -0.127. The second-order valence-corrected chi connectivity index (χ2v) is 8.66. The van der Waals surface area contributed by atoms with Crippen molar-refractivity contribution in [3.05, 3.63) is 35.4 Å². The van der Waals surface area contributed by atoms with E-state index in [1.54, 1.807) is 0 Å². The largest absolute Gasteiger partial charge is 0.377 e. The Hall–Kier alpha value is -1.43. The normalized spacial score (nSPS) is 21.2. The van der Waals surface area contributed by atoms with Crippen LogP contribution in [0, 0.1) is 0 Å². The number of piperidine rings is 1. The Morgan fingerprint density at radius 2 is 1.76 bits per heavy atom. The van der Waals surface area contributed by atoms with Crippen LogP contribution in [0.3, 0.4) is 0 Å². The maximum absolute atomic E-state index is 12.8. The molecule has 2 heterocycles. The summed E-state index contributed by atoms with van der Waals surface area (Å²) in [6.45, 7) is 12.5. The van der Waals surface area contributed by atoms with E-state index in [0.29, 0.717) is 6.10 Å². The topological polar surface area (TPSA) is 44.8 Å². The lowest BCUT2D eigenvalue weighted by Gasteiger charge is -2.35. The maximum atomic E-state index is 12.8. The van der Waals surface area contributed by atoms with Gasteiger partial charge in [0.15, 0.2) is 0 Å². The van der Waals surface area contributed by atoms with Gasteiger partial charge < -0.3 is 15.0 Å². The van der Waals surface area contributed by atoms with Gasteiger partial charge in [0.05, 0.1) is 24.8 Å². The summed E-state index contributed by atoms with van der Waals surface area (Å²) in [5.41, 5.74) is 2.49. The van der Waals surface area contributed by atoms with Crippen molar-refractivity contribution in [2.75, 3.05) is 39.3 Å². The Morgan fingerprint density at radius 1 is 1.10 bits per heavy atom. The van der Waals surface area contributed by atoms with Crippen LogP contribution < -0.4 is 5.32 Å². The van der Waals surface area contributed by atoms with E-state index in [1.165, 1.54) is 31.5 Å². The molecule has 5 heteroatoms. The fourth-order valence-electron chi connectivity index (χ4n) is 4.41. The van der Waals surface area contributed by atoms with E-state index in [1.807, 2.05) is 6.92 Å². The van der Waals surface area contributed by atoms with Crippen molar-refractivity contribution in [1.82, 2.24) is 15.1 Å². The molecule has 1 aromatic rings. The Labute approximate surface area is 176 Å². The zero-order chi connectivity index (χ0) is 20.6. The van der Waals surface area contributed by atoms with Gasteiger partial charge in [-0.05, 0) is 70.2 Å². The van der Waals surface area contributed by atoms with Gasteiger partial charge in [-0.15, -0.1) is 0 Å². The van der Waals surface area contributed by atoms with Gasteiger partial charge in [0, 0.05) is 19.6 Å². The van der Waals surface area contributed by atoms with Crippen LogP contribution in [0.4, 0.5) is 0 Å². The van der Waals surface area contributed by atoms with E-state index < -0.39 is 0 Å². The first kappa shape index (κ1) is 22.3. The lowest BCUT2D eigenvalue weighted by Crippen LogP contribution is -2.49. The highest BCUT2D eigenvalue weighted by atomic mass is 16.5. The van der Waals surface area contributed by atoms with Crippen molar-refractivity contribution in [2.45, 2.75) is 71.1 Å². The molecule has 0 aliphatic carbocycles. The third-order valence-corrected chi connectivity index (χ3v) is 6.61. The quantitative estimate of drug-likeness (QED) is 0.689. The van der Waals surface area contributed by atoms with E-state index in [-0.39, 0.29) is 18.0 Å². The number of carbonyl (C=O) groups is 1. The van der Waals surface area contributed by atoms with Crippen LogP contribution in [-0.2, 0) is 16.0 Å². The summed E-state index contributed by atoms with van der Waals surface area (Å²) in [4.78, 5) is 17.6. The Bertz CT molecular complexity index is 620. The second-order valence-electron chi connectivity index (χ2n) is 8.66. The third-order valence-electron chi connectivity index (χ3n) is 6.61. The second kappa shape index (κ2) is 11.1. The highest BCUT2D eigenvalue weighted by molar-refractivity contribution is 5.81. The number of ether oxygens (including phenoxy) is 1. The number of likely N-dealkylation sites (tertiary alicyclic amines) is 2. The van der Waals surface area contributed by atoms with Gasteiger partial charge in [0.25, 0.3) is 0 Å². The summed E-state index contributed by atoms with van der Waals surface area (Å²) >= 11 is 0. The number of aryl methyl sites for hydroxylation is 1. The molecule has 0 aromatic heterocycles. The first-order valence-electron chi connectivity index (χ1n) is 11.5. The molecular formula is C24H39N3O2. The molecule has 1 N–H and O–H groups in total. The van der Waals surface area contributed by atoms with E-state index in [2.05, 4.69) is 53.2 Å². The lowest BCUT2D eigenvalue weighted by atomic mass is 10.0. The minimum atomic E-state index is -0.0992. The molecule has 5 nitrogen and oxygen atoms in total. The monoisotopic (exact) mass is 401 g/mol. The first-order valence-corrected chi connectivity index (χ1v) is 11.5. The highest BCUT2D eigenvalue weighted by Gasteiger charge is 2.27. The van der Waals surface area contributed by atoms with Gasteiger partial charge in [-0.2, -0.15) is 0 Å². The summed E-state index contributed by atoms with van der Waals surface area (Å²) in [6.07, 6.45) is 6.09. The fourth-order valence-corrected chi connectivity index (χ4v) is 4.41. The molecule has 0 saturated carbocycles. The van der Waals surface area contributed by atoms with Crippen LogP contribution in [0.1, 0.15) is 63.6 Å². The molecule has 3 rings (SSSR count). The van der Waals surface area contributed by atoms with Crippen molar-refractivity contribution in [2.24, 2.45) is 0 Å². The predicted molar refractivity (Wildman–Crippen MR) is 118 cm³/mol. The summed E-state index contributed by atoms with van der Waals surface area (Å²) in [5, 5.41) is 3.19. The molecule has 29 heavy (non-hydrogen) atoms. The van der Waals surface area contributed by atoms with Gasteiger partial charge in [0.1, 0.15) is 0 Å². The van der Waals surface area contributed by atoms with Crippen LogP contribution in [0.2, 0.25) is 0 Å². The van der Waals surface area contributed by atoms with Gasteiger partial charge in [-0.1, -0.05) is 31.2 Å². The van der Waals surface area contributed by atoms with Crippen molar-refractivity contribution in [3.63, 3.8) is 0 Å². The average molecular weight is 402 g/mol. The molecule has 0 unspecified atom stereocenters. The minimum Gasteiger partial charge on any atom is -0.377 e. The number of nitrogens with one attached hydrogen (secondary N) is 1. The highest BCUT2D eigenvalue weighted by Crippen LogP contribution is 2.18. The number of rotatable bonds is 9. The molecule has 0 radical (unpaired) electrons. The van der Waals surface area contributed by atoms with Crippen LogP contribution in [0.15, 0.2) is 24.3 Å². The van der Waals surface area contributed by atoms with Crippen molar-refractivity contribution >= 4 is 5.91 Å². The van der Waals surface area contributed by atoms with E-state index in [4.69, 9.17) is 4.74 Å². The van der Waals surface area contributed by atoms with Crippen molar-refractivity contribution in [1.29, 1.82) is 0 Å². The molecule has 2 aliphatic rings. The molecule has 0 spiro atoms. The Kier molecular flexibility index (Phi) is 8.52.